The van der Waals surface area contributed by atoms with Crippen LogP contribution in [-0.4, -0.2) is 14.3 Å². The van der Waals surface area contributed by atoms with Gasteiger partial charge in [-0.15, -0.1) is 0 Å². The second kappa shape index (κ2) is 5.64. The summed E-state index contributed by atoms with van der Waals surface area (Å²) in [7, 11) is -4.09. The molecule has 0 aliphatic carbocycles. The average Bonchev–Trinajstić information content (AvgIpc) is 2.47. The van der Waals surface area contributed by atoms with E-state index in [0.717, 1.165) is 0 Å². The molecule has 0 aliphatic rings. The van der Waals surface area contributed by atoms with Crippen LogP contribution in [0.25, 0.3) is 0 Å². The van der Waals surface area contributed by atoms with E-state index in [1.807, 2.05) is 6.07 Å². The molecule has 0 aliphatic heterocycles. The third kappa shape index (κ3) is 3.19. The molecule has 0 saturated carbocycles. The molecule has 7 heteroatoms. The van der Waals surface area contributed by atoms with Crippen LogP contribution < -0.4 is 9.92 Å². The minimum atomic E-state index is -4.09. The first-order valence-electron chi connectivity index (χ1n) is 5.77. The van der Waals surface area contributed by atoms with Crippen molar-refractivity contribution in [2.24, 2.45) is 5.73 Å². The van der Waals surface area contributed by atoms with Gasteiger partial charge in [-0.3, -0.25) is 4.79 Å². The summed E-state index contributed by atoms with van der Waals surface area (Å²) < 4.78 is 29.1. The van der Waals surface area contributed by atoms with Gasteiger partial charge in [-0.1, -0.05) is 12.1 Å². The number of hydrogen-bond donors (Lipinski definition) is 1. The summed E-state index contributed by atoms with van der Waals surface area (Å²) in [5, 5.41) is 8.91. The Labute approximate surface area is 121 Å². The molecule has 1 amide bonds. The van der Waals surface area contributed by atoms with Crippen LogP contribution >= 0.6 is 0 Å². The largest absolute Gasteiger partial charge is 0.378 e. The topological polar surface area (TPSA) is 110 Å². The van der Waals surface area contributed by atoms with Crippen LogP contribution in [-0.2, 0) is 10.1 Å². The highest BCUT2D eigenvalue weighted by Gasteiger charge is 2.18. The van der Waals surface area contributed by atoms with Gasteiger partial charge in [0.1, 0.15) is 11.0 Å². The van der Waals surface area contributed by atoms with Gasteiger partial charge in [0.15, 0.2) is 5.75 Å². The molecule has 0 fully saturated rings. The molecule has 0 spiro atoms. The Morgan fingerprint density at radius 1 is 1.10 bits per heavy atom. The summed E-state index contributed by atoms with van der Waals surface area (Å²) in [6, 6.07) is 12.8. The number of nitrogens with zero attached hydrogens (tertiary/aromatic N) is 1. The Morgan fingerprint density at radius 2 is 1.71 bits per heavy atom. The molecule has 0 saturated heterocycles. The van der Waals surface area contributed by atoms with Gasteiger partial charge >= 0.3 is 10.1 Å². The fourth-order valence-electron chi connectivity index (χ4n) is 1.58. The van der Waals surface area contributed by atoms with E-state index in [4.69, 9.17) is 15.2 Å². The highest BCUT2D eigenvalue weighted by Crippen LogP contribution is 2.22. The summed E-state index contributed by atoms with van der Waals surface area (Å²) >= 11 is 0. The molecule has 6 nitrogen and oxygen atoms in total. The molecular formula is C14H10N2O4S. The van der Waals surface area contributed by atoms with E-state index in [9.17, 15) is 13.2 Å². The minimum Gasteiger partial charge on any atom is -0.378 e. The monoisotopic (exact) mass is 302 g/mol. The first-order chi connectivity index (χ1) is 9.94. The number of rotatable bonds is 4. The second-order valence-corrected chi connectivity index (χ2v) is 5.58. The average molecular weight is 302 g/mol. The molecule has 0 heterocycles. The lowest BCUT2D eigenvalue weighted by molar-refractivity contribution is 0.1000. The fourth-order valence-corrected chi connectivity index (χ4v) is 2.53. The predicted molar refractivity (Wildman–Crippen MR) is 73.9 cm³/mol. The Kier molecular flexibility index (Phi) is 3.91. The van der Waals surface area contributed by atoms with Gasteiger partial charge in [-0.05, 0) is 36.4 Å². The van der Waals surface area contributed by atoms with Crippen LogP contribution in [0, 0.1) is 11.3 Å². The molecule has 2 aromatic rings. The Morgan fingerprint density at radius 3 is 2.29 bits per heavy atom. The van der Waals surface area contributed by atoms with Crippen molar-refractivity contribution in [1.82, 2.24) is 0 Å². The van der Waals surface area contributed by atoms with Gasteiger partial charge in [-0.25, -0.2) is 0 Å². The highest BCUT2D eigenvalue weighted by molar-refractivity contribution is 7.87. The van der Waals surface area contributed by atoms with Crippen molar-refractivity contribution in [2.75, 3.05) is 0 Å². The lowest BCUT2D eigenvalue weighted by Crippen LogP contribution is -2.13. The Hall–Kier alpha value is -2.85. The number of carbonyl (C=O) groups excluding carboxylic acids is 1. The molecule has 0 aromatic heterocycles. The summed E-state index contributed by atoms with van der Waals surface area (Å²) in [6.07, 6.45) is 0. The van der Waals surface area contributed by atoms with Gasteiger partial charge < -0.3 is 9.92 Å². The van der Waals surface area contributed by atoms with Crippen molar-refractivity contribution in [1.29, 1.82) is 5.26 Å². The van der Waals surface area contributed by atoms with E-state index in [2.05, 4.69) is 0 Å². The fraction of sp³-hybridized carbons (Fsp3) is 0. The van der Waals surface area contributed by atoms with Crippen LogP contribution in [0.3, 0.4) is 0 Å². The van der Waals surface area contributed by atoms with E-state index in [-0.39, 0.29) is 21.8 Å². The summed E-state index contributed by atoms with van der Waals surface area (Å²) in [5.41, 5.74) is 5.37. The number of nitriles is 1. The molecule has 0 bridgehead atoms. The van der Waals surface area contributed by atoms with Crippen LogP contribution in [0.4, 0.5) is 0 Å². The maximum Gasteiger partial charge on any atom is 0.339 e. The molecule has 2 aromatic carbocycles. The van der Waals surface area contributed by atoms with Gasteiger partial charge in [0.25, 0.3) is 0 Å². The zero-order valence-electron chi connectivity index (χ0n) is 10.7. The molecule has 106 valence electrons. The first-order valence-corrected chi connectivity index (χ1v) is 7.18. The third-order valence-corrected chi connectivity index (χ3v) is 3.88. The molecule has 2 rings (SSSR count). The maximum absolute atomic E-state index is 12.1. The van der Waals surface area contributed by atoms with Crippen molar-refractivity contribution in [2.45, 2.75) is 4.90 Å². The predicted octanol–water partition coefficient (Wildman–Crippen LogP) is 1.42. The van der Waals surface area contributed by atoms with Gasteiger partial charge in [0.2, 0.25) is 5.91 Å². The molecule has 21 heavy (non-hydrogen) atoms. The number of amides is 1. The van der Waals surface area contributed by atoms with Crippen molar-refractivity contribution < 1.29 is 17.4 Å². The van der Waals surface area contributed by atoms with Gasteiger partial charge in [0, 0.05) is 5.56 Å². The SMILES string of the molecule is N#Cc1ccccc1OS(=O)(=O)c1ccc(C(N)=O)cc1. The van der Waals surface area contributed by atoms with Crippen LogP contribution in [0.2, 0.25) is 0 Å². The number of primary amides is 1. The highest BCUT2D eigenvalue weighted by atomic mass is 32.2. The third-order valence-electron chi connectivity index (χ3n) is 2.63. The van der Waals surface area contributed by atoms with E-state index in [1.165, 1.54) is 36.4 Å². The van der Waals surface area contributed by atoms with Gasteiger partial charge in [0.05, 0.1) is 5.56 Å². The lowest BCUT2D eigenvalue weighted by Gasteiger charge is -2.08. The van der Waals surface area contributed by atoms with Crippen molar-refractivity contribution in [3.05, 3.63) is 59.7 Å². The van der Waals surface area contributed by atoms with E-state index in [0.29, 0.717) is 0 Å². The second-order valence-electron chi connectivity index (χ2n) is 4.03. The zero-order chi connectivity index (χ0) is 15.5. The zero-order valence-corrected chi connectivity index (χ0v) is 11.5. The van der Waals surface area contributed by atoms with Crippen molar-refractivity contribution >= 4 is 16.0 Å². The lowest BCUT2D eigenvalue weighted by atomic mass is 10.2. The molecule has 0 radical (unpaired) electrons. The summed E-state index contributed by atoms with van der Waals surface area (Å²) in [5.74, 6) is -0.714. The number of carbonyl (C=O) groups is 1. The van der Waals surface area contributed by atoms with Crippen molar-refractivity contribution in [3.8, 4) is 11.8 Å². The van der Waals surface area contributed by atoms with Crippen LogP contribution in [0.5, 0.6) is 5.75 Å². The van der Waals surface area contributed by atoms with E-state index >= 15 is 0 Å². The number of nitrogens with two attached hydrogens (primary N) is 1. The summed E-state index contributed by atoms with van der Waals surface area (Å²) in [6.45, 7) is 0. The Bertz CT molecular complexity index is 821. The summed E-state index contributed by atoms with van der Waals surface area (Å²) in [4.78, 5) is 10.8. The molecule has 0 unspecified atom stereocenters. The Balaban J connectivity index is 2.34. The maximum atomic E-state index is 12.1. The van der Waals surface area contributed by atoms with Crippen molar-refractivity contribution in [3.63, 3.8) is 0 Å². The van der Waals surface area contributed by atoms with Gasteiger partial charge in [-0.2, -0.15) is 13.7 Å². The molecule has 0 atom stereocenters. The van der Waals surface area contributed by atoms with E-state index in [1.54, 1.807) is 12.1 Å². The number of para-hydroxylation sites is 1. The number of hydrogen-bond acceptors (Lipinski definition) is 5. The smallest absolute Gasteiger partial charge is 0.339 e. The quantitative estimate of drug-likeness (QED) is 0.859. The van der Waals surface area contributed by atoms with Crippen LogP contribution in [0.1, 0.15) is 15.9 Å². The molecule has 2 N–H and O–H groups in total. The molecular weight excluding hydrogens is 292 g/mol. The standard InChI is InChI=1S/C14H10N2O4S/c15-9-11-3-1-2-4-13(11)20-21(18,19)12-7-5-10(6-8-12)14(16)17/h1-8H,(H2,16,17). The first kappa shape index (κ1) is 14.6. The number of benzene rings is 2. The normalized spacial score (nSPS) is 10.6. The minimum absolute atomic E-state index is 0.0565. The van der Waals surface area contributed by atoms with E-state index < -0.39 is 16.0 Å². The van der Waals surface area contributed by atoms with Crippen LogP contribution in [0.15, 0.2) is 53.4 Å².